The zero-order valence-corrected chi connectivity index (χ0v) is 11.7. The Kier molecular flexibility index (Phi) is 4.16. The maximum Gasteiger partial charge on any atom is 0.338 e. The van der Waals surface area contributed by atoms with Crippen molar-refractivity contribution in [2.45, 2.75) is 6.92 Å². The summed E-state index contributed by atoms with van der Waals surface area (Å²) in [6.45, 7) is 1.45. The minimum atomic E-state index is -0.601. The van der Waals surface area contributed by atoms with E-state index < -0.39 is 9.85 Å². The molecule has 0 fully saturated rings. The Balaban J connectivity index is 2.43. The van der Waals surface area contributed by atoms with Crippen LogP contribution in [0.4, 0.5) is 11.4 Å². The lowest BCUT2D eigenvalue weighted by molar-refractivity contribution is -0.386. The van der Waals surface area contributed by atoms with Gasteiger partial charge in [0.25, 0.3) is 5.69 Å². The highest BCUT2D eigenvalue weighted by Gasteiger charge is 2.22. The number of non-ortho nitro benzene ring substituents is 1. The van der Waals surface area contributed by atoms with E-state index in [1.807, 2.05) is 0 Å². The molecule has 0 unspecified atom stereocenters. The summed E-state index contributed by atoms with van der Waals surface area (Å²) in [5.74, 6) is 0.344. The summed E-state index contributed by atoms with van der Waals surface area (Å²) in [6, 6.07) is 4.04. The van der Waals surface area contributed by atoms with E-state index in [0.717, 1.165) is 0 Å². The van der Waals surface area contributed by atoms with Crippen LogP contribution in [0.25, 0.3) is 12.2 Å². The predicted molar refractivity (Wildman–Crippen MR) is 76.5 cm³/mol. The van der Waals surface area contributed by atoms with Crippen molar-refractivity contribution in [3.63, 3.8) is 0 Å². The fourth-order valence-electron chi connectivity index (χ4n) is 1.84. The third-order valence-corrected chi connectivity index (χ3v) is 2.88. The first-order valence-electron chi connectivity index (χ1n) is 6.05. The van der Waals surface area contributed by atoms with E-state index in [-0.39, 0.29) is 22.8 Å². The molecule has 0 atom stereocenters. The molecule has 2 rings (SSSR count). The molecule has 0 saturated carbocycles. The number of nitrogens with zero attached hydrogens (tertiary/aromatic N) is 3. The monoisotopic (exact) mass is 305 g/mol. The molecule has 9 nitrogen and oxygen atoms in total. The molecule has 0 bridgehead atoms. The lowest BCUT2D eigenvalue weighted by Gasteiger charge is -2.03. The normalized spacial score (nSPS) is 10.8. The molecule has 22 heavy (non-hydrogen) atoms. The van der Waals surface area contributed by atoms with E-state index in [9.17, 15) is 20.2 Å². The van der Waals surface area contributed by atoms with Gasteiger partial charge in [0.05, 0.1) is 17.0 Å². The van der Waals surface area contributed by atoms with Crippen LogP contribution in [-0.2, 0) is 0 Å². The maximum absolute atomic E-state index is 10.9. The summed E-state index contributed by atoms with van der Waals surface area (Å²) >= 11 is 0. The highest BCUT2D eigenvalue weighted by Crippen LogP contribution is 2.28. The lowest BCUT2D eigenvalue weighted by atomic mass is 10.1. The number of benzene rings is 1. The van der Waals surface area contributed by atoms with Gasteiger partial charge in [0, 0.05) is 17.7 Å². The van der Waals surface area contributed by atoms with Gasteiger partial charge in [0.1, 0.15) is 5.75 Å². The van der Waals surface area contributed by atoms with Gasteiger partial charge >= 0.3 is 5.69 Å². The highest BCUT2D eigenvalue weighted by molar-refractivity contribution is 5.75. The van der Waals surface area contributed by atoms with Crippen LogP contribution >= 0.6 is 0 Å². The SMILES string of the molecule is COc1ccc([N+](=O)[O-])cc1/C=C\c1onc(C)c1[N+](=O)[O-]. The molecule has 9 heteroatoms. The van der Waals surface area contributed by atoms with Gasteiger partial charge in [-0.25, -0.2) is 0 Å². The first-order valence-corrected chi connectivity index (χ1v) is 6.05. The maximum atomic E-state index is 10.9. The Hall–Kier alpha value is -3.23. The lowest BCUT2D eigenvalue weighted by Crippen LogP contribution is -1.92. The number of nitro benzene ring substituents is 1. The molecular formula is C13H11N3O6. The van der Waals surface area contributed by atoms with E-state index in [2.05, 4.69) is 5.16 Å². The van der Waals surface area contributed by atoms with Crippen LogP contribution in [0.5, 0.6) is 5.75 Å². The van der Waals surface area contributed by atoms with Gasteiger partial charge < -0.3 is 9.26 Å². The van der Waals surface area contributed by atoms with Crippen LogP contribution < -0.4 is 4.74 Å². The molecule has 1 aromatic carbocycles. The van der Waals surface area contributed by atoms with Crippen molar-refractivity contribution in [3.05, 3.63) is 55.4 Å². The van der Waals surface area contributed by atoms with Crippen LogP contribution in [-0.4, -0.2) is 22.1 Å². The number of methoxy groups -OCH3 is 1. The fraction of sp³-hybridized carbons (Fsp3) is 0.154. The van der Waals surface area contributed by atoms with Gasteiger partial charge in [-0.15, -0.1) is 0 Å². The second kappa shape index (κ2) is 6.04. The van der Waals surface area contributed by atoms with Gasteiger partial charge in [0.15, 0.2) is 5.69 Å². The molecule has 0 amide bonds. The average Bonchev–Trinajstić information content (AvgIpc) is 2.85. The van der Waals surface area contributed by atoms with Gasteiger partial charge in [-0.3, -0.25) is 20.2 Å². The Labute approximate surface area is 124 Å². The summed E-state index contributed by atoms with van der Waals surface area (Å²) in [6.07, 6.45) is 2.75. The van der Waals surface area contributed by atoms with Crippen molar-refractivity contribution in [1.29, 1.82) is 0 Å². The Morgan fingerprint density at radius 2 is 1.95 bits per heavy atom. The van der Waals surface area contributed by atoms with Crippen LogP contribution in [0.2, 0.25) is 0 Å². The van der Waals surface area contributed by atoms with Crippen molar-refractivity contribution < 1.29 is 19.1 Å². The smallest absolute Gasteiger partial charge is 0.338 e. The topological polar surface area (TPSA) is 122 Å². The molecule has 1 aromatic heterocycles. The van der Waals surface area contributed by atoms with Gasteiger partial charge in [0.2, 0.25) is 5.76 Å². The molecule has 0 aliphatic rings. The second-order valence-corrected chi connectivity index (χ2v) is 4.25. The van der Waals surface area contributed by atoms with Crippen molar-refractivity contribution in [2.24, 2.45) is 0 Å². The van der Waals surface area contributed by atoms with E-state index in [0.29, 0.717) is 11.3 Å². The number of rotatable bonds is 5. The molecule has 0 saturated heterocycles. The summed E-state index contributed by atoms with van der Waals surface area (Å²) in [5.41, 5.74) is 0.167. The molecule has 0 radical (unpaired) electrons. The first-order chi connectivity index (χ1) is 10.4. The van der Waals surface area contributed by atoms with E-state index >= 15 is 0 Å². The summed E-state index contributed by atoms with van der Waals surface area (Å²) < 4.78 is 9.97. The van der Waals surface area contributed by atoms with Crippen molar-refractivity contribution >= 4 is 23.5 Å². The Morgan fingerprint density at radius 1 is 1.23 bits per heavy atom. The van der Waals surface area contributed by atoms with Gasteiger partial charge in [-0.2, -0.15) is 0 Å². The number of hydrogen-bond acceptors (Lipinski definition) is 7. The number of aromatic nitrogens is 1. The zero-order valence-electron chi connectivity index (χ0n) is 11.7. The largest absolute Gasteiger partial charge is 0.496 e. The minimum Gasteiger partial charge on any atom is -0.496 e. The quantitative estimate of drug-likeness (QED) is 0.614. The zero-order chi connectivity index (χ0) is 16.3. The van der Waals surface area contributed by atoms with Crippen molar-refractivity contribution in [3.8, 4) is 5.75 Å². The number of aryl methyl sites for hydroxylation is 1. The van der Waals surface area contributed by atoms with Crippen LogP contribution in [0, 0.1) is 27.2 Å². The van der Waals surface area contributed by atoms with E-state index in [1.54, 1.807) is 0 Å². The summed E-state index contributed by atoms with van der Waals surface area (Å²) in [7, 11) is 1.42. The summed E-state index contributed by atoms with van der Waals surface area (Å²) in [4.78, 5) is 20.6. The molecule has 114 valence electrons. The predicted octanol–water partition coefficient (Wildman–Crippen LogP) is 2.98. The molecule has 0 spiro atoms. The van der Waals surface area contributed by atoms with E-state index in [4.69, 9.17) is 9.26 Å². The number of hydrogen-bond donors (Lipinski definition) is 0. The minimum absolute atomic E-state index is 0.0453. The number of nitro groups is 2. The molecular weight excluding hydrogens is 294 g/mol. The first kappa shape index (κ1) is 15.2. The molecule has 0 aliphatic heterocycles. The van der Waals surface area contributed by atoms with Crippen LogP contribution in [0.3, 0.4) is 0 Å². The number of ether oxygens (including phenoxy) is 1. The van der Waals surface area contributed by atoms with E-state index in [1.165, 1.54) is 44.4 Å². The molecule has 0 aliphatic carbocycles. The molecule has 1 heterocycles. The average molecular weight is 305 g/mol. The summed E-state index contributed by atoms with van der Waals surface area (Å²) in [5, 5.41) is 25.3. The molecule has 0 N–H and O–H groups in total. The van der Waals surface area contributed by atoms with Crippen LogP contribution in [0.1, 0.15) is 17.0 Å². The Bertz CT molecular complexity index is 765. The highest BCUT2D eigenvalue weighted by atomic mass is 16.6. The standard InChI is InChI=1S/C13H11N3O6/c1-8-13(16(19)20)12(22-14-8)5-3-9-7-10(15(17)18)4-6-11(9)21-2/h3-7H,1-2H3/b5-3-. The van der Waals surface area contributed by atoms with Crippen molar-refractivity contribution in [2.75, 3.05) is 7.11 Å². The van der Waals surface area contributed by atoms with Gasteiger partial charge in [-0.1, -0.05) is 5.16 Å². The third kappa shape index (κ3) is 2.92. The van der Waals surface area contributed by atoms with Gasteiger partial charge in [-0.05, 0) is 25.1 Å². The third-order valence-electron chi connectivity index (χ3n) is 2.88. The van der Waals surface area contributed by atoms with Crippen LogP contribution in [0.15, 0.2) is 22.7 Å². The van der Waals surface area contributed by atoms with Crippen molar-refractivity contribution in [1.82, 2.24) is 5.16 Å². The second-order valence-electron chi connectivity index (χ2n) is 4.25. The molecule has 2 aromatic rings. The fourth-order valence-corrected chi connectivity index (χ4v) is 1.84. The Morgan fingerprint density at radius 3 is 2.55 bits per heavy atom.